The monoisotopic (exact) mass is 236 g/mol. The maximum absolute atomic E-state index is 13.2. The van der Waals surface area contributed by atoms with Gasteiger partial charge in [-0.25, -0.2) is 4.39 Å². The summed E-state index contributed by atoms with van der Waals surface area (Å²) in [4.78, 5) is 0. The minimum Gasteiger partial charge on any atom is -0.395 e. The van der Waals surface area contributed by atoms with Crippen molar-refractivity contribution in [3.8, 4) is 0 Å². The van der Waals surface area contributed by atoms with E-state index in [0.29, 0.717) is 5.56 Å². The van der Waals surface area contributed by atoms with E-state index in [4.69, 9.17) is 28.3 Å². The molecule has 14 heavy (non-hydrogen) atoms. The van der Waals surface area contributed by atoms with E-state index in [1.54, 1.807) is 19.9 Å². The molecule has 1 rings (SSSR count). The zero-order valence-electron chi connectivity index (χ0n) is 7.94. The van der Waals surface area contributed by atoms with Gasteiger partial charge in [-0.2, -0.15) is 0 Å². The first-order valence-electron chi connectivity index (χ1n) is 4.14. The molecule has 0 fully saturated rings. The summed E-state index contributed by atoms with van der Waals surface area (Å²) in [6, 6.07) is 2.73. The Kier molecular flexibility index (Phi) is 3.40. The van der Waals surface area contributed by atoms with Crippen LogP contribution >= 0.6 is 23.2 Å². The summed E-state index contributed by atoms with van der Waals surface area (Å²) < 4.78 is 13.2. The van der Waals surface area contributed by atoms with Crippen LogP contribution in [0.3, 0.4) is 0 Å². The van der Waals surface area contributed by atoms with Gasteiger partial charge in [0.2, 0.25) is 0 Å². The fourth-order valence-electron chi connectivity index (χ4n) is 1.13. The van der Waals surface area contributed by atoms with Crippen LogP contribution in [-0.2, 0) is 5.41 Å². The lowest BCUT2D eigenvalue weighted by atomic mass is 9.85. The fourth-order valence-corrected chi connectivity index (χ4v) is 1.70. The molecule has 0 spiro atoms. The van der Waals surface area contributed by atoms with Crippen LogP contribution in [0, 0.1) is 5.82 Å². The highest BCUT2D eigenvalue weighted by molar-refractivity contribution is 6.33. The average molecular weight is 237 g/mol. The van der Waals surface area contributed by atoms with Crippen LogP contribution < -0.4 is 0 Å². The molecule has 0 heterocycles. The summed E-state index contributed by atoms with van der Waals surface area (Å²) in [5, 5.41) is 9.43. The van der Waals surface area contributed by atoms with Crippen molar-refractivity contribution in [3.05, 3.63) is 33.6 Å². The molecule has 0 saturated carbocycles. The Balaban J connectivity index is 3.34. The van der Waals surface area contributed by atoms with Crippen LogP contribution in [0.5, 0.6) is 0 Å². The standard InChI is InChI=1S/C10H11Cl2FO/c1-10(2,5-14)7-3-6(11)4-8(13)9(7)12/h3-4,14H,5H2,1-2H3. The molecule has 1 N–H and O–H groups in total. The first-order chi connectivity index (χ1) is 6.38. The van der Waals surface area contributed by atoms with Crippen molar-refractivity contribution in [1.82, 2.24) is 0 Å². The normalized spacial score (nSPS) is 11.9. The van der Waals surface area contributed by atoms with Crippen LogP contribution in [0.4, 0.5) is 4.39 Å². The van der Waals surface area contributed by atoms with Crippen molar-refractivity contribution in [1.29, 1.82) is 0 Å². The molecule has 0 bridgehead atoms. The average Bonchev–Trinajstić information content (AvgIpc) is 2.11. The smallest absolute Gasteiger partial charge is 0.143 e. The van der Waals surface area contributed by atoms with E-state index in [9.17, 15) is 4.39 Å². The van der Waals surface area contributed by atoms with E-state index in [1.165, 1.54) is 0 Å². The molecule has 0 aliphatic carbocycles. The maximum atomic E-state index is 13.2. The van der Waals surface area contributed by atoms with Gasteiger partial charge in [0, 0.05) is 10.4 Å². The number of halogens is 3. The highest BCUT2D eigenvalue weighted by atomic mass is 35.5. The van der Waals surface area contributed by atoms with Gasteiger partial charge in [-0.1, -0.05) is 37.0 Å². The largest absolute Gasteiger partial charge is 0.395 e. The van der Waals surface area contributed by atoms with Gasteiger partial charge in [-0.15, -0.1) is 0 Å². The number of aliphatic hydroxyl groups excluding tert-OH is 1. The van der Waals surface area contributed by atoms with E-state index in [1.807, 2.05) is 0 Å². The Morgan fingerprint density at radius 1 is 1.36 bits per heavy atom. The lowest BCUT2D eigenvalue weighted by Crippen LogP contribution is -2.22. The molecule has 1 nitrogen and oxygen atoms in total. The van der Waals surface area contributed by atoms with E-state index < -0.39 is 11.2 Å². The second-order valence-corrected chi connectivity index (χ2v) is 4.61. The Labute approximate surface area is 92.5 Å². The van der Waals surface area contributed by atoms with Crippen LogP contribution in [0.15, 0.2) is 12.1 Å². The van der Waals surface area contributed by atoms with Gasteiger partial charge in [-0.05, 0) is 17.7 Å². The van der Waals surface area contributed by atoms with E-state index in [0.717, 1.165) is 6.07 Å². The molecule has 0 aliphatic heterocycles. The van der Waals surface area contributed by atoms with Crippen LogP contribution in [0.2, 0.25) is 10.0 Å². The van der Waals surface area contributed by atoms with Gasteiger partial charge >= 0.3 is 0 Å². The molecule has 0 aromatic heterocycles. The molecule has 78 valence electrons. The minimum absolute atomic E-state index is 0.0217. The summed E-state index contributed by atoms with van der Waals surface area (Å²) in [6.45, 7) is 3.42. The first kappa shape index (κ1) is 11.8. The molecular formula is C10H11Cl2FO. The van der Waals surface area contributed by atoms with Crippen LogP contribution in [0.1, 0.15) is 19.4 Å². The molecular weight excluding hydrogens is 226 g/mol. The lowest BCUT2D eigenvalue weighted by Gasteiger charge is -2.23. The molecule has 0 unspecified atom stereocenters. The van der Waals surface area contributed by atoms with E-state index >= 15 is 0 Å². The molecule has 1 aromatic rings. The highest BCUT2D eigenvalue weighted by Crippen LogP contribution is 2.33. The maximum Gasteiger partial charge on any atom is 0.143 e. The second kappa shape index (κ2) is 4.05. The van der Waals surface area contributed by atoms with E-state index in [2.05, 4.69) is 0 Å². The number of rotatable bonds is 2. The summed E-state index contributed by atoms with van der Waals surface area (Å²) >= 11 is 11.5. The Morgan fingerprint density at radius 3 is 2.43 bits per heavy atom. The lowest BCUT2D eigenvalue weighted by molar-refractivity contribution is 0.218. The summed E-state index contributed by atoms with van der Waals surface area (Å²) in [5.41, 5.74) is -0.0744. The van der Waals surface area contributed by atoms with Crippen molar-refractivity contribution in [2.75, 3.05) is 6.61 Å². The van der Waals surface area contributed by atoms with Gasteiger partial charge in [0.25, 0.3) is 0 Å². The van der Waals surface area contributed by atoms with Crippen molar-refractivity contribution in [3.63, 3.8) is 0 Å². The topological polar surface area (TPSA) is 20.2 Å². The molecule has 0 aliphatic rings. The van der Waals surface area contributed by atoms with Gasteiger partial charge in [0.05, 0.1) is 11.6 Å². The Bertz CT molecular complexity index is 350. The third-order valence-electron chi connectivity index (χ3n) is 2.12. The summed E-state index contributed by atoms with van der Waals surface area (Å²) in [5.74, 6) is -0.560. The summed E-state index contributed by atoms with van der Waals surface area (Å²) in [6.07, 6.45) is 0. The zero-order valence-corrected chi connectivity index (χ0v) is 9.45. The third kappa shape index (κ3) is 2.19. The Hall–Kier alpha value is -0.310. The van der Waals surface area contributed by atoms with Gasteiger partial charge in [0.15, 0.2) is 0 Å². The number of hydrogen-bond donors (Lipinski definition) is 1. The van der Waals surface area contributed by atoms with Gasteiger partial charge < -0.3 is 5.11 Å². The number of hydrogen-bond acceptors (Lipinski definition) is 1. The van der Waals surface area contributed by atoms with E-state index in [-0.39, 0.29) is 16.7 Å². The van der Waals surface area contributed by atoms with Crippen molar-refractivity contribution in [2.45, 2.75) is 19.3 Å². The Morgan fingerprint density at radius 2 is 1.93 bits per heavy atom. The molecule has 0 amide bonds. The van der Waals surface area contributed by atoms with Gasteiger partial charge in [0.1, 0.15) is 5.82 Å². The molecule has 0 radical (unpaired) electrons. The van der Waals surface area contributed by atoms with Crippen molar-refractivity contribution < 1.29 is 9.50 Å². The molecule has 0 saturated heterocycles. The number of benzene rings is 1. The van der Waals surface area contributed by atoms with Crippen LogP contribution in [-0.4, -0.2) is 11.7 Å². The summed E-state index contributed by atoms with van der Waals surface area (Å²) in [7, 11) is 0. The SMILES string of the molecule is CC(C)(CO)c1cc(Cl)cc(F)c1Cl. The zero-order chi connectivity index (χ0) is 10.9. The van der Waals surface area contributed by atoms with Crippen molar-refractivity contribution in [2.24, 2.45) is 0 Å². The predicted molar refractivity (Wildman–Crippen MR) is 56.5 cm³/mol. The molecule has 1 aromatic carbocycles. The third-order valence-corrected chi connectivity index (χ3v) is 2.72. The van der Waals surface area contributed by atoms with Gasteiger partial charge in [-0.3, -0.25) is 0 Å². The van der Waals surface area contributed by atoms with Crippen molar-refractivity contribution >= 4 is 23.2 Å². The second-order valence-electron chi connectivity index (χ2n) is 3.79. The first-order valence-corrected chi connectivity index (χ1v) is 4.90. The minimum atomic E-state index is -0.594. The fraction of sp³-hybridized carbons (Fsp3) is 0.400. The van der Waals surface area contributed by atoms with Crippen LogP contribution in [0.25, 0.3) is 0 Å². The number of aliphatic hydroxyl groups is 1. The predicted octanol–water partition coefficient (Wildman–Crippen LogP) is 3.40. The molecule has 0 atom stereocenters. The highest BCUT2D eigenvalue weighted by Gasteiger charge is 2.24. The quantitative estimate of drug-likeness (QED) is 0.781. The molecule has 4 heteroatoms.